The summed E-state index contributed by atoms with van der Waals surface area (Å²) in [4.78, 5) is 24.7. The maximum absolute atomic E-state index is 11.7. The minimum atomic E-state index is -0.375. The summed E-state index contributed by atoms with van der Waals surface area (Å²) in [6.07, 6.45) is 0.684. The van der Waals surface area contributed by atoms with E-state index in [0.717, 1.165) is 16.5 Å². The average molecular weight is 289 g/mol. The van der Waals surface area contributed by atoms with E-state index in [4.69, 9.17) is 9.15 Å². The van der Waals surface area contributed by atoms with Crippen molar-refractivity contribution in [1.29, 1.82) is 0 Å². The molecule has 0 bridgehead atoms. The first kappa shape index (κ1) is 15.1. The molecule has 5 nitrogen and oxygen atoms in total. The molecule has 1 amide bonds. The summed E-state index contributed by atoms with van der Waals surface area (Å²) in [6, 6.07) is 5.12. The van der Waals surface area contributed by atoms with Crippen molar-refractivity contribution < 1.29 is 13.9 Å². The quantitative estimate of drug-likeness (QED) is 0.809. The SMILES string of the molecule is CCc1cc(=O)oc2cc(C)cc(OCC(=O)N(C)C)c12. The summed E-state index contributed by atoms with van der Waals surface area (Å²) >= 11 is 0. The van der Waals surface area contributed by atoms with Gasteiger partial charge < -0.3 is 14.1 Å². The number of hydrogen-bond acceptors (Lipinski definition) is 4. The van der Waals surface area contributed by atoms with Gasteiger partial charge in [-0.25, -0.2) is 4.79 Å². The number of likely N-dealkylation sites (N-methyl/N-ethyl adjacent to an activating group) is 1. The Morgan fingerprint density at radius 3 is 2.62 bits per heavy atom. The summed E-state index contributed by atoms with van der Waals surface area (Å²) in [7, 11) is 3.35. The van der Waals surface area contributed by atoms with Crippen molar-refractivity contribution in [1.82, 2.24) is 4.90 Å². The standard InChI is InChI=1S/C16H19NO4/c1-5-11-8-15(19)21-13-7-10(2)6-12(16(11)13)20-9-14(18)17(3)4/h6-8H,5,9H2,1-4H3. The minimum Gasteiger partial charge on any atom is -0.483 e. The highest BCUT2D eigenvalue weighted by atomic mass is 16.5. The molecular weight excluding hydrogens is 270 g/mol. The smallest absolute Gasteiger partial charge is 0.336 e. The number of fused-ring (bicyclic) bond motifs is 1. The molecule has 0 saturated carbocycles. The number of benzene rings is 1. The fraction of sp³-hybridized carbons (Fsp3) is 0.375. The van der Waals surface area contributed by atoms with Crippen LogP contribution in [-0.2, 0) is 11.2 Å². The van der Waals surface area contributed by atoms with E-state index >= 15 is 0 Å². The van der Waals surface area contributed by atoms with E-state index in [-0.39, 0.29) is 18.1 Å². The van der Waals surface area contributed by atoms with Crippen LogP contribution in [0.25, 0.3) is 11.0 Å². The van der Waals surface area contributed by atoms with Gasteiger partial charge in [-0.15, -0.1) is 0 Å². The third kappa shape index (κ3) is 3.24. The molecule has 0 saturated heterocycles. The molecule has 0 aliphatic rings. The van der Waals surface area contributed by atoms with Crippen LogP contribution in [0.1, 0.15) is 18.1 Å². The normalized spacial score (nSPS) is 10.7. The molecule has 5 heteroatoms. The summed E-state index contributed by atoms with van der Waals surface area (Å²) in [5.74, 6) is 0.445. The van der Waals surface area contributed by atoms with Crippen LogP contribution in [0.3, 0.4) is 0 Å². The average Bonchev–Trinajstić information content (AvgIpc) is 2.42. The van der Waals surface area contributed by atoms with Gasteiger partial charge in [0.25, 0.3) is 5.91 Å². The Kier molecular flexibility index (Phi) is 4.31. The molecule has 21 heavy (non-hydrogen) atoms. The third-order valence-electron chi connectivity index (χ3n) is 3.26. The van der Waals surface area contributed by atoms with Crippen molar-refractivity contribution in [2.75, 3.05) is 20.7 Å². The lowest BCUT2D eigenvalue weighted by molar-refractivity contribution is -0.130. The van der Waals surface area contributed by atoms with Crippen LogP contribution >= 0.6 is 0 Å². The number of amides is 1. The van der Waals surface area contributed by atoms with Gasteiger partial charge in [-0.3, -0.25) is 4.79 Å². The molecule has 1 heterocycles. The van der Waals surface area contributed by atoms with Crippen molar-refractivity contribution in [2.24, 2.45) is 0 Å². The molecule has 0 spiro atoms. The topological polar surface area (TPSA) is 59.8 Å². The molecule has 0 aliphatic heterocycles. The monoisotopic (exact) mass is 289 g/mol. The van der Waals surface area contributed by atoms with Crippen molar-refractivity contribution in [2.45, 2.75) is 20.3 Å². The second-order valence-electron chi connectivity index (χ2n) is 5.16. The number of rotatable bonds is 4. The van der Waals surface area contributed by atoms with Gasteiger partial charge in [-0.2, -0.15) is 0 Å². The Hall–Kier alpha value is -2.30. The fourth-order valence-corrected chi connectivity index (χ4v) is 2.13. The molecule has 0 fully saturated rings. The molecule has 0 N–H and O–H groups in total. The molecule has 1 aromatic carbocycles. The van der Waals surface area contributed by atoms with E-state index in [1.54, 1.807) is 20.2 Å². The predicted octanol–water partition coefficient (Wildman–Crippen LogP) is 2.13. The van der Waals surface area contributed by atoms with Gasteiger partial charge in [0.05, 0.1) is 5.39 Å². The predicted molar refractivity (Wildman–Crippen MR) is 80.8 cm³/mol. The lowest BCUT2D eigenvalue weighted by Crippen LogP contribution is -2.27. The number of carbonyl (C=O) groups is 1. The molecular formula is C16H19NO4. The van der Waals surface area contributed by atoms with Gasteiger partial charge in [0.2, 0.25) is 0 Å². The molecule has 1 aromatic heterocycles. The number of carbonyl (C=O) groups excluding carboxylic acids is 1. The number of aryl methyl sites for hydroxylation is 2. The Bertz CT molecular complexity index is 731. The Labute approximate surface area is 123 Å². The Morgan fingerprint density at radius 1 is 1.29 bits per heavy atom. The van der Waals surface area contributed by atoms with Crippen molar-refractivity contribution in [3.05, 3.63) is 39.7 Å². The summed E-state index contributed by atoms with van der Waals surface area (Å²) < 4.78 is 10.9. The van der Waals surface area contributed by atoms with Crippen molar-refractivity contribution in [3.8, 4) is 5.75 Å². The van der Waals surface area contributed by atoms with Crippen LogP contribution in [0.2, 0.25) is 0 Å². The lowest BCUT2D eigenvalue weighted by atomic mass is 10.1. The fourth-order valence-electron chi connectivity index (χ4n) is 2.13. The third-order valence-corrected chi connectivity index (χ3v) is 3.26. The van der Waals surface area contributed by atoms with Gasteiger partial charge in [-0.05, 0) is 36.6 Å². The van der Waals surface area contributed by atoms with E-state index in [2.05, 4.69) is 0 Å². The molecule has 0 unspecified atom stereocenters. The first-order valence-electron chi connectivity index (χ1n) is 6.82. The second kappa shape index (κ2) is 5.99. The van der Waals surface area contributed by atoms with Crippen molar-refractivity contribution in [3.63, 3.8) is 0 Å². The van der Waals surface area contributed by atoms with Gasteiger partial charge in [-0.1, -0.05) is 6.92 Å². The lowest BCUT2D eigenvalue weighted by Gasteiger charge is -2.14. The van der Waals surface area contributed by atoms with Gasteiger partial charge in [0.1, 0.15) is 11.3 Å². The molecule has 2 aromatic rings. The first-order chi connectivity index (χ1) is 9.92. The van der Waals surface area contributed by atoms with E-state index in [1.807, 2.05) is 19.9 Å². The maximum Gasteiger partial charge on any atom is 0.336 e. The van der Waals surface area contributed by atoms with Crippen LogP contribution in [0.5, 0.6) is 5.75 Å². The van der Waals surface area contributed by atoms with E-state index in [0.29, 0.717) is 17.8 Å². The van der Waals surface area contributed by atoms with Crippen molar-refractivity contribution >= 4 is 16.9 Å². The summed E-state index contributed by atoms with van der Waals surface area (Å²) in [5.41, 5.74) is 1.88. The molecule has 0 atom stereocenters. The molecule has 0 aliphatic carbocycles. The zero-order chi connectivity index (χ0) is 15.6. The Balaban J connectivity index is 2.51. The number of hydrogen-bond donors (Lipinski definition) is 0. The van der Waals surface area contributed by atoms with Crippen LogP contribution in [0.15, 0.2) is 27.4 Å². The highest BCUT2D eigenvalue weighted by molar-refractivity contribution is 5.88. The zero-order valence-corrected chi connectivity index (χ0v) is 12.7. The zero-order valence-electron chi connectivity index (χ0n) is 12.7. The maximum atomic E-state index is 11.7. The summed E-state index contributed by atoms with van der Waals surface area (Å²) in [5, 5.41) is 0.759. The van der Waals surface area contributed by atoms with E-state index in [9.17, 15) is 9.59 Å². The van der Waals surface area contributed by atoms with Crippen LogP contribution < -0.4 is 10.4 Å². The molecule has 112 valence electrons. The van der Waals surface area contributed by atoms with Crippen LogP contribution in [0.4, 0.5) is 0 Å². The number of nitrogens with zero attached hydrogens (tertiary/aromatic N) is 1. The van der Waals surface area contributed by atoms with Gasteiger partial charge in [0, 0.05) is 20.2 Å². The largest absolute Gasteiger partial charge is 0.483 e. The second-order valence-corrected chi connectivity index (χ2v) is 5.16. The van der Waals surface area contributed by atoms with Gasteiger partial charge >= 0.3 is 5.63 Å². The molecule has 2 rings (SSSR count). The summed E-state index contributed by atoms with van der Waals surface area (Å²) in [6.45, 7) is 3.80. The van der Waals surface area contributed by atoms with Crippen LogP contribution in [-0.4, -0.2) is 31.5 Å². The van der Waals surface area contributed by atoms with E-state index < -0.39 is 0 Å². The highest BCUT2D eigenvalue weighted by Gasteiger charge is 2.13. The van der Waals surface area contributed by atoms with Gasteiger partial charge in [0.15, 0.2) is 6.61 Å². The molecule has 0 radical (unpaired) electrons. The van der Waals surface area contributed by atoms with E-state index in [1.165, 1.54) is 11.0 Å². The minimum absolute atomic E-state index is 0.0478. The Morgan fingerprint density at radius 2 is 2.00 bits per heavy atom. The number of ether oxygens (including phenoxy) is 1. The highest BCUT2D eigenvalue weighted by Crippen LogP contribution is 2.30. The van der Waals surface area contributed by atoms with Crippen LogP contribution in [0, 0.1) is 6.92 Å². The first-order valence-corrected chi connectivity index (χ1v) is 6.82.